The number of aromatic nitrogens is 1. The Hall–Kier alpha value is -1.87. The van der Waals surface area contributed by atoms with Crippen molar-refractivity contribution in [3.63, 3.8) is 0 Å². The van der Waals surface area contributed by atoms with Crippen LogP contribution in [0, 0.1) is 13.8 Å². The fourth-order valence-corrected chi connectivity index (χ4v) is 1.79. The van der Waals surface area contributed by atoms with Crippen LogP contribution in [0.25, 0.3) is 0 Å². The third-order valence-electron chi connectivity index (χ3n) is 2.51. The average molecular weight is 228 g/mol. The van der Waals surface area contributed by atoms with E-state index in [-0.39, 0.29) is 0 Å². The molecule has 0 atom stereocenters. The summed E-state index contributed by atoms with van der Waals surface area (Å²) in [4.78, 5) is 4.05. The van der Waals surface area contributed by atoms with E-state index in [9.17, 15) is 0 Å². The molecule has 0 bridgehead atoms. The number of ether oxygens (including phenoxy) is 1. The topological polar surface area (TPSA) is 48.1 Å². The number of pyridine rings is 1. The normalized spacial score (nSPS) is 10.3. The van der Waals surface area contributed by atoms with Crippen molar-refractivity contribution in [2.45, 2.75) is 20.4 Å². The average Bonchev–Trinajstić information content (AvgIpc) is 2.28. The van der Waals surface area contributed by atoms with Crippen LogP contribution in [0.5, 0.6) is 11.5 Å². The number of rotatable bonds is 3. The van der Waals surface area contributed by atoms with Gasteiger partial charge < -0.3 is 10.5 Å². The van der Waals surface area contributed by atoms with E-state index in [2.05, 4.69) is 11.1 Å². The highest BCUT2D eigenvalue weighted by Crippen LogP contribution is 2.25. The Bertz CT molecular complexity index is 503. The molecule has 0 saturated heterocycles. The molecule has 0 saturated carbocycles. The van der Waals surface area contributed by atoms with Crippen LogP contribution in [-0.2, 0) is 6.54 Å². The van der Waals surface area contributed by atoms with Crippen molar-refractivity contribution in [2.24, 2.45) is 5.73 Å². The summed E-state index contributed by atoms with van der Waals surface area (Å²) in [5.74, 6) is 1.55. The van der Waals surface area contributed by atoms with Crippen molar-refractivity contribution in [1.82, 2.24) is 4.98 Å². The van der Waals surface area contributed by atoms with Gasteiger partial charge in [-0.1, -0.05) is 6.07 Å². The maximum absolute atomic E-state index is 5.82. The number of aryl methyl sites for hydroxylation is 2. The predicted octanol–water partition coefficient (Wildman–Crippen LogP) is 2.95. The van der Waals surface area contributed by atoms with Gasteiger partial charge in [0.2, 0.25) is 0 Å². The van der Waals surface area contributed by atoms with Gasteiger partial charge in [0.05, 0.1) is 6.20 Å². The van der Waals surface area contributed by atoms with Gasteiger partial charge in [-0.3, -0.25) is 4.98 Å². The van der Waals surface area contributed by atoms with Gasteiger partial charge in [-0.15, -0.1) is 0 Å². The highest BCUT2D eigenvalue weighted by molar-refractivity contribution is 5.39. The van der Waals surface area contributed by atoms with E-state index in [1.165, 1.54) is 11.1 Å². The minimum atomic E-state index is 0.447. The summed E-state index contributed by atoms with van der Waals surface area (Å²) in [7, 11) is 0. The number of benzene rings is 1. The zero-order valence-electron chi connectivity index (χ0n) is 10.1. The van der Waals surface area contributed by atoms with Crippen molar-refractivity contribution in [1.29, 1.82) is 0 Å². The Kier molecular flexibility index (Phi) is 3.40. The van der Waals surface area contributed by atoms with Crippen LogP contribution in [0.1, 0.15) is 16.7 Å². The second-order valence-corrected chi connectivity index (χ2v) is 4.11. The summed E-state index contributed by atoms with van der Waals surface area (Å²) in [6.07, 6.45) is 3.41. The van der Waals surface area contributed by atoms with Gasteiger partial charge in [0.1, 0.15) is 11.5 Å². The summed E-state index contributed by atoms with van der Waals surface area (Å²) in [5.41, 5.74) is 8.97. The molecule has 88 valence electrons. The molecule has 3 nitrogen and oxygen atoms in total. The molecule has 0 aliphatic heterocycles. The van der Waals surface area contributed by atoms with E-state index < -0.39 is 0 Å². The van der Waals surface area contributed by atoms with E-state index in [0.717, 1.165) is 17.1 Å². The Balaban J connectivity index is 2.31. The van der Waals surface area contributed by atoms with Crippen LogP contribution in [0.3, 0.4) is 0 Å². The molecule has 1 aromatic heterocycles. The van der Waals surface area contributed by atoms with Gasteiger partial charge in [-0.05, 0) is 43.2 Å². The Labute approximate surface area is 101 Å². The van der Waals surface area contributed by atoms with Crippen molar-refractivity contribution < 1.29 is 4.74 Å². The Morgan fingerprint density at radius 3 is 2.53 bits per heavy atom. The van der Waals surface area contributed by atoms with Gasteiger partial charge in [-0.25, -0.2) is 0 Å². The van der Waals surface area contributed by atoms with Crippen LogP contribution >= 0.6 is 0 Å². The second kappa shape index (κ2) is 4.97. The summed E-state index contributed by atoms with van der Waals surface area (Å²) < 4.78 is 5.82. The van der Waals surface area contributed by atoms with Crippen LogP contribution in [0.2, 0.25) is 0 Å². The number of nitrogens with zero attached hydrogens (tertiary/aromatic N) is 1. The number of nitrogens with two attached hydrogens (primary N) is 1. The molecule has 2 rings (SSSR count). The smallest absolute Gasteiger partial charge is 0.150 e. The quantitative estimate of drug-likeness (QED) is 0.878. The summed E-state index contributed by atoms with van der Waals surface area (Å²) in [6.45, 7) is 4.54. The zero-order chi connectivity index (χ0) is 12.3. The fraction of sp³-hybridized carbons (Fsp3) is 0.214. The summed E-state index contributed by atoms with van der Waals surface area (Å²) >= 11 is 0. The first-order chi connectivity index (χ1) is 8.19. The number of hydrogen-bond donors (Lipinski definition) is 1. The largest absolute Gasteiger partial charge is 0.455 e. The van der Waals surface area contributed by atoms with Gasteiger partial charge in [0.25, 0.3) is 0 Å². The van der Waals surface area contributed by atoms with E-state index >= 15 is 0 Å². The highest BCUT2D eigenvalue weighted by Gasteiger charge is 2.04. The summed E-state index contributed by atoms with van der Waals surface area (Å²) in [6, 6.07) is 7.98. The molecule has 0 unspecified atom stereocenters. The van der Waals surface area contributed by atoms with Gasteiger partial charge in [0, 0.05) is 18.3 Å². The van der Waals surface area contributed by atoms with Gasteiger partial charge >= 0.3 is 0 Å². The standard InChI is InChI=1S/C14H16N2O/c1-10-5-11(2)7-13(6-10)17-14-9-16-4-3-12(14)8-15/h3-7,9H,8,15H2,1-2H3. The third-order valence-corrected chi connectivity index (χ3v) is 2.51. The van der Waals surface area contributed by atoms with E-state index in [1.54, 1.807) is 12.4 Å². The lowest BCUT2D eigenvalue weighted by Gasteiger charge is -2.10. The highest BCUT2D eigenvalue weighted by atomic mass is 16.5. The first kappa shape index (κ1) is 11.6. The molecule has 1 aromatic carbocycles. The lowest BCUT2D eigenvalue weighted by molar-refractivity contribution is 0.473. The van der Waals surface area contributed by atoms with Crippen molar-refractivity contribution in [2.75, 3.05) is 0 Å². The first-order valence-corrected chi connectivity index (χ1v) is 5.58. The Morgan fingerprint density at radius 2 is 1.88 bits per heavy atom. The SMILES string of the molecule is Cc1cc(C)cc(Oc2cnccc2CN)c1. The predicted molar refractivity (Wildman–Crippen MR) is 68.1 cm³/mol. The van der Waals surface area contributed by atoms with E-state index in [1.807, 2.05) is 32.0 Å². The van der Waals surface area contributed by atoms with Crippen LogP contribution in [-0.4, -0.2) is 4.98 Å². The summed E-state index contributed by atoms with van der Waals surface area (Å²) in [5, 5.41) is 0. The molecular weight excluding hydrogens is 212 g/mol. The minimum Gasteiger partial charge on any atom is -0.455 e. The van der Waals surface area contributed by atoms with Gasteiger partial charge in [-0.2, -0.15) is 0 Å². The van der Waals surface area contributed by atoms with Crippen LogP contribution < -0.4 is 10.5 Å². The molecule has 1 heterocycles. The van der Waals surface area contributed by atoms with Crippen LogP contribution in [0.15, 0.2) is 36.7 Å². The molecule has 0 fully saturated rings. The van der Waals surface area contributed by atoms with Crippen molar-refractivity contribution in [3.05, 3.63) is 53.3 Å². The van der Waals surface area contributed by atoms with E-state index in [4.69, 9.17) is 10.5 Å². The lowest BCUT2D eigenvalue weighted by atomic mass is 10.1. The molecule has 0 aliphatic carbocycles. The molecule has 0 spiro atoms. The maximum atomic E-state index is 5.82. The van der Waals surface area contributed by atoms with Crippen molar-refractivity contribution in [3.8, 4) is 11.5 Å². The molecule has 17 heavy (non-hydrogen) atoms. The first-order valence-electron chi connectivity index (χ1n) is 5.58. The van der Waals surface area contributed by atoms with Crippen LogP contribution in [0.4, 0.5) is 0 Å². The monoisotopic (exact) mass is 228 g/mol. The number of hydrogen-bond acceptors (Lipinski definition) is 3. The maximum Gasteiger partial charge on any atom is 0.150 e. The lowest BCUT2D eigenvalue weighted by Crippen LogP contribution is -2.00. The second-order valence-electron chi connectivity index (χ2n) is 4.11. The molecule has 2 N–H and O–H groups in total. The fourth-order valence-electron chi connectivity index (χ4n) is 1.79. The Morgan fingerprint density at radius 1 is 1.18 bits per heavy atom. The van der Waals surface area contributed by atoms with E-state index in [0.29, 0.717) is 6.54 Å². The molecular formula is C14H16N2O. The zero-order valence-corrected chi connectivity index (χ0v) is 10.1. The molecule has 0 aliphatic rings. The molecule has 3 heteroatoms. The third kappa shape index (κ3) is 2.82. The minimum absolute atomic E-state index is 0.447. The van der Waals surface area contributed by atoms with Gasteiger partial charge in [0.15, 0.2) is 0 Å². The molecule has 0 amide bonds. The van der Waals surface area contributed by atoms with Crippen molar-refractivity contribution >= 4 is 0 Å². The molecule has 0 radical (unpaired) electrons. The molecule has 2 aromatic rings.